The van der Waals surface area contributed by atoms with Crippen LogP contribution in [0.3, 0.4) is 0 Å². The van der Waals surface area contributed by atoms with Gasteiger partial charge in [0, 0.05) is 38.6 Å². The molecule has 7 heteroatoms. The lowest BCUT2D eigenvalue weighted by Gasteiger charge is -2.25. The summed E-state index contributed by atoms with van der Waals surface area (Å²) in [5, 5.41) is 0.386. The molecule has 152 valence electrons. The normalized spacial score (nSPS) is 19.9. The van der Waals surface area contributed by atoms with Crippen LogP contribution in [0.4, 0.5) is 0 Å². The van der Waals surface area contributed by atoms with Gasteiger partial charge >= 0.3 is 0 Å². The molecule has 6 nitrogen and oxygen atoms in total. The van der Waals surface area contributed by atoms with Gasteiger partial charge in [-0.2, -0.15) is 0 Å². The fourth-order valence-corrected chi connectivity index (χ4v) is 3.68. The Bertz CT molecular complexity index is 873. The van der Waals surface area contributed by atoms with Gasteiger partial charge in [0.25, 0.3) is 5.91 Å². The van der Waals surface area contributed by atoms with E-state index in [1.807, 2.05) is 12.1 Å². The minimum absolute atomic E-state index is 0.00755. The minimum Gasteiger partial charge on any atom is -0.374 e. The molecule has 1 aliphatic heterocycles. The molecule has 1 aromatic carbocycles. The van der Waals surface area contributed by atoms with Gasteiger partial charge in [0.2, 0.25) is 5.91 Å². The molecule has 0 bridgehead atoms. The number of halogens is 1. The molecule has 1 aromatic heterocycles. The predicted octanol–water partition coefficient (Wildman–Crippen LogP) is 3.01. The number of benzene rings is 1. The number of amides is 2. The third kappa shape index (κ3) is 5.14. The van der Waals surface area contributed by atoms with Crippen molar-refractivity contribution in [2.75, 3.05) is 26.2 Å². The molecular formula is C22H24ClN3O3. The van der Waals surface area contributed by atoms with Gasteiger partial charge in [-0.25, -0.2) is 0 Å². The third-order valence-electron chi connectivity index (χ3n) is 5.28. The topological polar surface area (TPSA) is 62.7 Å². The summed E-state index contributed by atoms with van der Waals surface area (Å²) in [5.74, 6) is 0.257. The SMILES string of the molecule is O=C1CN(C(=O)c2ccccc2Cl)CC(OCC2CC2)CN1Cc1cccnc1. The Morgan fingerprint density at radius 3 is 2.72 bits per heavy atom. The maximum atomic E-state index is 13.1. The van der Waals surface area contributed by atoms with Gasteiger partial charge in [-0.15, -0.1) is 0 Å². The lowest BCUT2D eigenvalue weighted by molar-refractivity contribution is -0.132. The van der Waals surface area contributed by atoms with Crippen LogP contribution in [-0.2, 0) is 16.1 Å². The Labute approximate surface area is 175 Å². The van der Waals surface area contributed by atoms with Crippen molar-refractivity contribution in [2.45, 2.75) is 25.5 Å². The van der Waals surface area contributed by atoms with Crippen LogP contribution >= 0.6 is 11.6 Å². The van der Waals surface area contributed by atoms with E-state index in [-0.39, 0.29) is 24.5 Å². The second kappa shape index (κ2) is 8.93. The second-order valence-electron chi connectivity index (χ2n) is 7.70. The fraction of sp³-hybridized carbons (Fsp3) is 0.409. The zero-order chi connectivity index (χ0) is 20.2. The lowest BCUT2D eigenvalue weighted by atomic mass is 10.2. The van der Waals surface area contributed by atoms with Crippen molar-refractivity contribution < 1.29 is 14.3 Å². The highest BCUT2D eigenvalue weighted by molar-refractivity contribution is 6.33. The fourth-order valence-electron chi connectivity index (χ4n) is 3.47. The smallest absolute Gasteiger partial charge is 0.255 e. The van der Waals surface area contributed by atoms with Crippen molar-refractivity contribution in [1.82, 2.24) is 14.8 Å². The third-order valence-corrected chi connectivity index (χ3v) is 5.61. The van der Waals surface area contributed by atoms with E-state index in [1.54, 1.807) is 46.5 Å². The van der Waals surface area contributed by atoms with E-state index in [0.29, 0.717) is 42.7 Å². The monoisotopic (exact) mass is 413 g/mol. The van der Waals surface area contributed by atoms with Crippen LogP contribution in [-0.4, -0.2) is 58.9 Å². The van der Waals surface area contributed by atoms with E-state index in [2.05, 4.69) is 4.98 Å². The standard InChI is InChI=1S/C22H24ClN3O3/c23-20-6-2-1-5-19(20)22(28)26-13-18(29-15-16-7-8-16)12-25(21(27)14-26)11-17-4-3-9-24-10-17/h1-6,9-10,16,18H,7-8,11-15H2. The van der Waals surface area contributed by atoms with Gasteiger partial charge in [-0.3, -0.25) is 14.6 Å². The van der Waals surface area contributed by atoms with Gasteiger partial charge < -0.3 is 14.5 Å². The number of carbonyl (C=O) groups is 2. The molecule has 4 rings (SSSR count). The maximum absolute atomic E-state index is 13.1. The van der Waals surface area contributed by atoms with Crippen LogP contribution in [0.15, 0.2) is 48.8 Å². The zero-order valence-corrected chi connectivity index (χ0v) is 16.9. The molecule has 0 N–H and O–H groups in total. The summed E-state index contributed by atoms with van der Waals surface area (Å²) in [7, 11) is 0. The number of nitrogens with zero attached hydrogens (tertiary/aromatic N) is 3. The molecule has 2 aromatic rings. The molecule has 29 heavy (non-hydrogen) atoms. The molecular weight excluding hydrogens is 390 g/mol. The minimum atomic E-state index is -0.243. The molecule has 1 saturated heterocycles. The zero-order valence-electron chi connectivity index (χ0n) is 16.2. The first kappa shape index (κ1) is 19.9. The van der Waals surface area contributed by atoms with E-state index >= 15 is 0 Å². The highest BCUT2D eigenvalue weighted by atomic mass is 35.5. The van der Waals surface area contributed by atoms with Gasteiger partial charge in [-0.1, -0.05) is 29.8 Å². The number of carbonyl (C=O) groups excluding carboxylic acids is 2. The van der Waals surface area contributed by atoms with Crippen LogP contribution < -0.4 is 0 Å². The lowest BCUT2D eigenvalue weighted by Crippen LogP contribution is -2.40. The van der Waals surface area contributed by atoms with Crippen molar-refractivity contribution in [2.24, 2.45) is 5.92 Å². The first-order valence-corrected chi connectivity index (χ1v) is 10.3. The predicted molar refractivity (Wildman–Crippen MR) is 109 cm³/mol. The average molecular weight is 414 g/mol. The van der Waals surface area contributed by atoms with Crippen LogP contribution in [0.1, 0.15) is 28.8 Å². The quantitative estimate of drug-likeness (QED) is 0.730. The molecule has 2 heterocycles. The van der Waals surface area contributed by atoms with Gasteiger partial charge in [0.1, 0.15) is 6.54 Å². The summed E-state index contributed by atoms with van der Waals surface area (Å²) in [4.78, 5) is 33.5. The van der Waals surface area contributed by atoms with Gasteiger partial charge in [-0.05, 0) is 42.5 Å². The Kier molecular flexibility index (Phi) is 6.11. The summed E-state index contributed by atoms with van der Waals surface area (Å²) in [6.07, 6.45) is 5.61. The van der Waals surface area contributed by atoms with Crippen molar-refractivity contribution in [1.29, 1.82) is 0 Å². The Morgan fingerprint density at radius 1 is 1.17 bits per heavy atom. The number of pyridine rings is 1. The summed E-state index contributed by atoms with van der Waals surface area (Å²) >= 11 is 6.22. The van der Waals surface area contributed by atoms with Gasteiger partial charge in [0.15, 0.2) is 0 Å². The summed E-state index contributed by atoms with van der Waals surface area (Å²) in [6.45, 7) is 1.95. The second-order valence-corrected chi connectivity index (χ2v) is 8.11. The number of hydrogen-bond donors (Lipinski definition) is 0. The Hall–Kier alpha value is -2.44. The summed E-state index contributed by atoms with van der Waals surface area (Å²) in [5.41, 5.74) is 1.36. The van der Waals surface area contributed by atoms with E-state index in [0.717, 1.165) is 5.56 Å². The van der Waals surface area contributed by atoms with Gasteiger partial charge in [0.05, 0.1) is 16.7 Å². The molecule has 1 atom stereocenters. The highest BCUT2D eigenvalue weighted by Gasteiger charge is 2.33. The summed E-state index contributed by atoms with van der Waals surface area (Å²) in [6, 6.07) is 10.7. The van der Waals surface area contributed by atoms with Crippen molar-refractivity contribution >= 4 is 23.4 Å². The highest BCUT2D eigenvalue weighted by Crippen LogP contribution is 2.29. The molecule has 2 aliphatic rings. The van der Waals surface area contributed by atoms with E-state index in [4.69, 9.17) is 16.3 Å². The first-order valence-electron chi connectivity index (χ1n) is 9.92. The van der Waals surface area contributed by atoms with Crippen molar-refractivity contribution in [3.63, 3.8) is 0 Å². The molecule has 1 saturated carbocycles. The molecule has 0 spiro atoms. The van der Waals surface area contributed by atoms with E-state index < -0.39 is 0 Å². The number of aromatic nitrogens is 1. The van der Waals surface area contributed by atoms with E-state index in [1.165, 1.54) is 12.8 Å². The largest absolute Gasteiger partial charge is 0.374 e. The van der Waals surface area contributed by atoms with Crippen molar-refractivity contribution in [3.05, 3.63) is 64.9 Å². The Balaban J connectivity index is 1.53. The number of hydrogen-bond acceptors (Lipinski definition) is 4. The maximum Gasteiger partial charge on any atom is 0.255 e. The molecule has 1 aliphatic carbocycles. The van der Waals surface area contributed by atoms with Crippen molar-refractivity contribution in [3.8, 4) is 0 Å². The van der Waals surface area contributed by atoms with Crippen LogP contribution in [0.25, 0.3) is 0 Å². The summed E-state index contributed by atoms with van der Waals surface area (Å²) < 4.78 is 6.11. The molecule has 1 unspecified atom stereocenters. The van der Waals surface area contributed by atoms with Crippen LogP contribution in [0.2, 0.25) is 5.02 Å². The average Bonchev–Trinajstić information content (AvgIpc) is 3.56. The molecule has 2 fully saturated rings. The van der Waals surface area contributed by atoms with Crippen LogP contribution in [0.5, 0.6) is 0 Å². The number of rotatable bonds is 6. The molecule has 0 radical (unpaired) electrons. The Morgan fingerprint density at radius 2 is 2.00 bits per heavy atom. The van der Waals surface area contributed by atoms with Crippen LogP contribution in [0, 0.1) is 5.92 Å². The molecule has 2 amide bonds. The van der Waals surface area contributed by atoms with E-state index in [9.17, 15) is 9.59 Å². The number of ether oxygens (including phenoxy) is 1. The first-order chi connectivity index (χ1) is 14.1.